The number of nitrogens with one attached hydrogen (secondary N) is 1. The summed E-state index contributed by atoms with van der Waals surface area (Å²) >= 11 is 0. The monoisotopic (exact) mass is 317 g/mol. The van der Waals surface area contributed by atoms with Gasteiger partial charge in [0.2, 0.25) is 5.91 Å². The van der Waals surface area contributed by atoms with Crippen LogP contribution in [0.3, 0.4) is 0 Å². The second kappa shape index (κ2) is 5.73. The molecular weight excluding hydrogens is 298 g/mol. The topological polar surface area (TPSA) is 111 Å². The summed E-state index contributed by atoms with van der Waals surface area (Å²) in [6.45, 7) is 0.113. The van der Waals surface area contributed by atoms with E-state index in [2.05, 4.69) is 30.4 Å². The van der Waals surface area contributed by atoms with Crippen molar-refractivity contribution in [3.63, 3.8) is 0 Å². The van der Waals surface area contributed by atoms with Crippen LogP contribution in [0.5, 0.6) is 0 Å². The van der Waals surface area contributed by atoms with E-state index < -0.39 is 0 Å². The van der Waals surface area contributed by atoms with Gasteiger partial charge in [0.15, 0.2) is 5.82 Å². The zero-order chi connectivity index (χ0) is 15.8. The van der Waals surface area contributed by atoms with Crippen LogP contribution in [0.15, 0.2) is 12.4 Å². The number of hydrogen-bond donors (Lipinski definition) is 2. The molecular formula is C14H19N7O2. The number of carbonyl (C=O) groups excluding carboxylic acids is 1. The van der Waals surface area contributed by atoms with Crippen molar-refractivity contribution in [2.45, 2.75) is 56.8 Å². The van der Waals surface area contributed by atoms with E-state index in [0.717, 1.165) is 31.5 Å². The minimum absolute atomic E-state index is 0.0568. The van der Waals surface area contributed by atoms with Crippen molar-refractivity contribution >= 4 is 5.91 Å². The molecule has 2 N–H and O–H groups in total. The SMILES string of the molecule is O=C(Cn1ccnn1)NC1CC(c2nnc(CO)n2C2CC2)C1. The lowest BCUT2D eigenvalue weighted by Gasteiger charge is -2.35. The number of rotatable bonds is 6. The first kappa shape index (κ1) is 14.3. The van der Waals surface area contributed by atoms with Gasteiger partial charge in [-0.25, -0.2) is 4.68 Å². The van der Waals surface area contributed by atoms with Gasteiger partial charge in [-0.2, -0.15) is 0 Å². The van der Waals surface area contributed by atoms with Crippen molar-refractivity contribution in [2.75, 3.05) is 0 Å². The van der Waals surface area contributed by atoms with Crippen molar-refractivity contribution in [3.8, 4) is 0 Å². The molecule has 0 spiro atoms. The lowest BCUT2D eigenvalue weighted by molar-refractivity contribution is -0.123. The predicted octanol–water partition coefficient (Wildman–Crippen LogP) is -0.241. The average Bonchev–Trinajstić information content (AvgIpc) is 3.05. The molecule has 2 fully saturated rings. The first-order chi connectivity index (χ1) is 11.2. The van der Waals surface area contributed by atoms with Gasteiger partial charge in [0.05, 0.1) is 6.20 Å². The van der Waals surface area contributed by atoms with Gasteiger partial charge in [0.1, 0.15) is 19.0 Å². The number of hydrogen-bond acceptors (Lipinski definition) is 6. The van der Waals surface area contributed by atoms with Crippen LogP contribution in [0.1, 0.15) is 49.3 Å². The van der Waals surface area contributed by atoms with Crippen molar-refractivity contribution in [1.29, 1.82) is 0 Å². The first-order valence-electron chi connectivity index (χ1n) is 7.92. The van der Waals surface area contributed by atoms with Gasteiger partial charge in [-0.3, -0.25) is 4.79 Å². The molecule has 0 unspecified atom stereocenters. The summed E-state index contributed by atoms with van der Waals surface area (Å²) < 4.78 is 3.60. The van der Waals surface area contributed by atoms with E-state index >= 15 is 0 Å². The quantitative estimate of drug-likeness (QED) is 0.760. The van der Waals surface area contributed by atoms with Crippen molar-refractivity contribution in [2.24, 2.45) is 0 Å². The lowest BCUT2D eigenvalue weighted by atomic mass is 9.79. The molecule has 0 aromatic carbocycles. The highest BCUT2D eigenvalue weighted by Gasteiger charge is 2.38. The molecule has 9 heteroatoms. The van der Waals surface area contributed by atoms with Gasteiger partial charge in [-0.1, -0.05) is 5.21 Å². The number of nitrogens with zero attached hydrogens (tertiary/aromatic N) is 6. The summed E-state index contributed by atoms with van der Waals surface area (Å²) in [6, 6.07) is 0.612. The fourth-order valence-electron chi connectivity index (χ4n) is 3.14. The van der Waals surface area contributed by atoms with Crippen molar-refractivity contribution in [3.05, 3.63) is 24.0 Å². The lowest BCUT2D eigenvalue weighted by Crippen LogP contribution is -2.45. The van der Waals surface area contributed by atoms with Gasteiger partial charge >= 0.3 is 0 Å². The molecule has 2 aromatic rings. The van der Waals surface area contributed by atoms with Crippen molar-refractivity contribution < 1.29 is 9.90 Å². The third-order valence-corrected chi connectivity index (χ3v) is 4.49. The molecule has 2 heterocycles. The molecule has 0 radical (unpaired) electrons. The second-order valence-corrected chi connectivity index (χ2v) is 6.27. The van der Waals surface area contributed by atoms with Crippen LogP contribution in [-0.4, -0.2) is 46.8 Å². The van der Waals surface area contributed by atoms with E-state index in [1.165, 1.54) is 4.68 Å². The van der Waals surface area contributed by atoms with Crippen LogP contribution >= 0.6 is 0 Å². The van der Waals surface area contributed by atoms with Crippen molar-refractivity contribution in [1.82, 2.24) is 35.1 Å². The Labute approximate surface area is 132 Å². The predicted molar refractivity (Wildman–Crippen MR) is 78.1 cm³/mol. The molecule has 2 aliphatic carbocycles. The Morgan fingerprint density at radius 3 is 2.83 bits per heavy atom. The molecule has 0 atom stereocenters. The van der Waals surface area contributed by atoms with Gasteiger partial charge in [0, 0.05) is 24.2 Å². The summed E-state index contributed by atoms with van der Waals surface area (Å²) in [5.41, 5.74) is 0. The molecule has 9 nitrogen and oxygen atoms in total. The summed E-state index contributed by atoms with van der Waals surface area (Å²) in [5, 5.41) is 28.2. The van der Waals surface area contributed by atoms with E-state index in [4.69, 9.17) is 0 Å². The number of aliphatic hydroxyl groups excluding tert-OH is 1. The molecule has 2 aromatic heterocycles. The number of carbonyl (C=O) groups is 1. The molecule has 0 aliphatic heterocycles. The molecule has 4 rings (SSSR count). The van der Waals surface area contributed by atoms with Crippen LogP contribution in [0.2, 0.25) is 0 Å². The maximum absolute atomic E-state index is 11.9. The third-order valence-electron chi connectivity index (χ3n) is 4.49. The number of aromatic nitrogens is 6. The summed E-state index contributed by atoms with van der Waals surface area (Å²) in [6.07, 6.45) is 7.19. The van der Waals surface area contributed by atoms with Gasteiger partial charge < -0.3 is 15.0 Å². The zero-order valence-electron chi connectivity index (χ0n) is 12.7. The molecule has 23 heavy (non-hydrogen) atoms. The van der Waals surface area contributed by atoms with E-state index in [-0.39, 0.29) is 25.1 Å². The Kier molecular flexibility index (Phi) is 3.56. The van der Waals surface area contributed by atoms with E-state index in [0.29, 0.717) is 17.8 Å². The van der Waals surface area contributed by atoms with E-state index in [1.54, 1.807) is 12.4 Å². The fourth-order valence-corrected chi connectivity index (χ4v) is 3.14. The maximum Gasteiger partial charge on any atom is 0.242 e. The minimum Gasteiger partial charge on any atom is -0.388 e. The Morgan fingerprint density at radius 2 is 2.17 bits per heavy atom. The Balaban J connectivity index is 1.33. The second-order valence-electron chi connectivity index (χ2n) is 6.27. The molecule has 0 saturated heterocycles. The highest BCUT2D eigenvalue weighted by Crippen LogP contribution is 2.42. The number of amides is 1. The Hall–Kier alpha value is -2.29. The highest BCUT2D eigenvalue weighted by molar-refractivity contribution is 5.76. The van der Waals surface area contributed by atoms with E-state index in [1.807, 2.05) is 0 Å². The third kappa shape index (κ3) is 2.83. The molecule has 0 bridgehead atoms. The molecule has 2 aliphatic rings. The smallest absolute Gasteiger partial charge is 0.242 e. The first-order valence-corrected chi connectivity index (χ1v) is 7.92. The van der Waals surface area contributed by atoms with Crippen LogP contribution in [-0.2, 0) is 17.9 Å². The van der Waals surface area contributed by atoms with Crippen LogP contribution in [0.25, 0.3) is 0 Å². The van der Waals surface area contributed by atoms with E-state index in [9.17, 15) is 9.90 Å². The van der Waals surface area contributed by atoms with Crippen LogP contribution in [0.4, 0.5) is 0 Å². The fraction of sp³-hybridized carbons (Fsp3) is 0.643. The molecule has 2 saturated carbocycles. The van der Waals surface area contributed by atoms with Crippen LogP contribution in [0, 0.1) is 0 Å². The summed E-state index contributed by atoms with van der Waals surface area (Å²) in [5.74, 6) is 1.86. The average molecular weight is 317 g/mol. The highest BCUT2D eigenvalue weighted by atomic mass is 16.3. The normalized spacial score (nSPS) is 23.5. The largest absolute Gasteiger partial charge is 0.388 e. The summed E-state index contributed by atoms with van der Waals surface area (Å²) in [7, 11) is 0. The summed E-state index contributed by atoms with van der Waals surface area (Å²) in [4.78, 5) is 11.9. The molecule has 122 valence electrons. The number of aliphatic hydroxyl groups is 1. The Bertz CT molecular complexity index is 686. The molecule has 1 amide bonds. The van der Waals surface area contributed by atoms with Crippen LogP contribution < -0.4 is 5.32 Å². The van der Waals surface area contributed by atoms with Gasteiger partial charge in [0.25, 0.3) is 0 Å². The maximum atomic E-state index is 11.9. The van der Waals surface area contributed by atoms with Gasteiger partial charge in [-0.05, 0) is 25.7 Å². The zero-order valence-corrected chi connectivity index (χ0v) is 12.7. The standard InChI is InChI=1S/C14H19N7O2/c22-8-12-17-18-14(21(12)11-1-2-11)9-5-10(6-9)16-13(23)7-20-4-3-15-19-20/h3-4,9-11,22H,1-2,5-8H2,(H,16,23). The Morgan fingerprint density at radius 1 is 1.35 bits per heavy atom. The minimum atomic E-state index is -0.0751. The van der Waals surface area contributed by atoms with Gasteiger partial charge in [-0.15, -0.1) is 15.3 Å².